The van der Waals surface area contributed by atoms with Gasteiger partial charge in [0.15, 0.2) is 0 Å². The zero-order chi connectivity index (χ0) is 14.5. The molecule has 1 aromatic heterocycles. The predicted molar refractivity (Wildman–Crippen MR) is 88.0 cm³/mol. The molecule has 0 aliphatic carbocycles. The van der Waals surface area contributed by atoms with E-state index < -0.39 is 0 Å². The topological polar surface area (TPSA) is 49.8 Å². The van der Waals surface area contributed by atoms with Crippen molar-refractivity contribution >= 4 is 44.9 Å². The Morgan fingerprint density at radius 1 is 1.25 bits per heavy atom. The van der Waals surface area contributed by atoms with Crippen LogP contribution in [0.5, 0.6) is 0 Å². The summed E-state index contributed by atoms with van der Waals surface area (Å²) in [4.78, 5) is 8.53. The lowest BCUT2D eigenvalue weighted by molar-refractivity contribution is 0.960. The van der Waals surface area contributed by atoms with Crippen molar-refractivity contribution in [2.75, 3.05) is 17.2 Å². The molecule has 0 amide bonds. The zero-order valence-corrected chi connectivity index (χ0v) is 13.7. The van der Waals surface area contributed by atoms with Gasteiger partial charge in [-0.15, -0.1) is 0 Å². The molecule has 0 atom stereocenters. The molecule has 2 rings (SSSR count). The lowest BCUT2D eigenvalue weighted by Crippen LogP contribution is -2.06. The first-order chi connectivity index (χ1) is 9.61. The minimum Gasteiger partial charge on any atom is -0.370 e. The molecule has 106 valence electrons. The monoisotopic (exact) mass is 354 g/mol. The molecular weight excluding hydrogens is 340 g/mol. The average molecular weight is 356 g/mol. The van der Waals surface area contributed by atoms with Crippen LogP contribution in [-0.4, -0.2) is 16.5 Å². The van der Waals surface area contributed by atoms with Crippen molar-refractivity contribution in [1.82, 2.24) is 9.97 Å². The van der Waals surface area contributed by atoms with Crippen molar-refractivity contribution in [2.24, 2.45) is 0 Å². The molecule has 0 aliphatic rings. The van der Waals surface area contributed by atoms with E-state index >= 15 is 0 Å². The number of hydrogen-bond donors (Lipinski definition) is 2. The van der Waals surface area contributed by atoms with Crippen molar-refractivity contribution in [3.8, 4) is 0 Å². The number of aromatic nitrogens is 2. The van der Waals surface area contributed by atoms with Gasteiger partial charge in [-0.2, -0.15) is 0 Å². The average Bonchev–Trinajstić information content (AvgIpc) is 2.44. The Bertz CT molecular complexity index is 604. The number of rotatable bonds is 5. The standard InChI is InChI=1S/C14H16BrClN4/c1-3-6-17-13-9(2)14(19-8-18-13)20-10-4-5-11(15)12(16)7-10/h4-5,7-8H,3,6H2,1-2H3,(H2,17,18,19,20). The van der Waals surface area contributed by atoms with Crippen molar-refractivity contribution in [3.05, 3.63) is 39.6 Å². The van der Waals surface area contributed by atoms with E-state index in [1.807, 2.05) is 25.1 Å². The lowest BCUT2D eigenvalue weighted by Gasteiger charge is -2.12. The molecule has 1 aromatic carbocycles. The smallest absolute Gasteiger partial charge is 0.138 e. The third-order valence-corrected chi connectivity index (χ3v) is 4.04. The van der Waals surface area contributed by atoms with Crippen LogP contribution in [0, 0.1) is 6.92 Å². The second kappa shape index (κ2) is 6.90. The fourth-order valence-electron chi connectivity index (χ4n) is 1.71. The quantitative estimate of drug-likeness (QED) is 0.811. The van der Waals surface area contributed by atoms with Gasteiger partial charge in [0.25, 0.3) is 0 Å². The molecule has 0 bridgehead atoms. The summed E-state index contributed by atoms with van der Waals surface area (Å²) in [6.07, 6.45) is 2.60. The molecule has 0 radical (unpaired) electrons. The maximum absolute atomic E-state index is 6.09. The van der Waals surface area contributed by atoms with Crippen molar-refractivity contribution < 1.29 is 0 Å². The zero-order valence-electron chi connectivity index (χ0n) is 11.4. The van der Waals surface area contributed by atoms with Gasteiger partial charge in [-0.3, -0.25) is 0 Å². The molecule has 6 heteroatoms. The van der Waals surface area contributed by atoms with Crippen molar-refractivity contribution in [2.45, 2.75) is 20.3 Å². The van der Waals surface area contributed by atoms with Crippen molar-refractivity contribution in [3.63, 3.8) is 0 Å². The van der Waals surface area contributed by atoms with E-state index in [1.165, 1.54) is 0 Å². The number of hydrogen-bond acceptors (Lipinski definition) is 4. The third kappa shape index (κ3) is 3.61. The second-order valence-electron chi connectivity index (χ2n) is 4.38. The van der Waals surface area contributed by atoms with Gasteiger partial charge < -0.3 is 10.6 Å². The summed E-state index contributed by atoms with van der Waals surface area (Å²) < 4.78 is 0.870. The van der Waals surface area contributed by atoms with Crippen LogP contribution < -0.4 is 10.6 Å². The Morgan fingerprint density at radius 3 is 2.70 bits per heavy atom. The predicted octanol–water partition coefficient (Wildman–Crippen LogP) is 4.77. The SMILES string of the molecule is CCCNc1ncnc(Nc2ccc(Br)c(Cl)c2)c1C. The molecule has 20 heavy (non-hydrogen) atoms. The largest absolute Gasteiger partial charge is 0.370 e. The van der Waals surface area contributed by atoms with E-state index in [2.05, 4.69) is 43.5 Å². The van der Waals surface area contributed by atoms with Gasteiger partial charge >= 0.3 is 0 Å². The Morgan fingerprint density at radius 2 is 2.00 bits per heavy atom. The highest BCUT2D eigenvalue weighted by atomic mass is 79.9. The fourth-order valence-corrected chi connectivity index (χ4v) is 2.14. The van der Waals surface area contributed by atoms with Gasteiger partial charge in [0.2, 0.25) is 0 Å². The van der Waals surface area contributed by atoms with Gasteiger partial charge in [0.05, 0.1) is 5.02 Å². The highest BCUT2D eigenvalue weighted by Crippen LogP contribution is 2.28. The van der Waals surface area contributed by atoms with Crippen LogP contribution in [0.2, 0.25) is 5.02 Å². The minimum absolute atomic E-state index is 0.658. The highest BCUT2D eigenvalue weighted by Gasteiger charge is 2.07. The van der Waals surface area contributed by atoms with Crippen LogP contribution >= 0.6 is 27.5 Å². The first-order valence-electron chi connectivity index (χ1n) is 6.39. The third-order valence-electron chi connectivity index (χ3n) is 2.81. The highest BCUT2D eigenvalue weighted by molar-refractivity contribution is 9.10. The van der Waals surface area contributed by atoms with Gasteiger partial charge in [-0.05, 0) is 47.5 Å². The van der Waals surface area contributed by atoms with Gasteiger partial charge in [0.1, 0.15) is 18.0 Å². The Labute approximate surface area is 132 Å². The summed E-state index contributed by atoms with van der Waals surface area (Å²) in [7, 11) is 0. The molecular formula is C14H16BrClN4. The summed E-state index contributed by atoms with van der Waals surface area (Å²) >= 11 is 9.46. The van der Waals surface area contributed by atoms with Crippen LogP contribution in [-0.2, 0) is 0 Å². The molecule has 0 saturated heterocycles. The maximum Gasteiger partial charge on any atom is 0.138 e. The van der Waals surface area contributed by atoms with Gasteiger partial charge in [-0.25, -0.2) is 9.97 Å². The first kappa shape index (κ1) is 15.1. The second-order valence-corrected chi connectivity index (χ2v) is 5.64. The van der Waals surface area contributed by atoms with E-state index in [4.69, 9.17) is 11.6 Å². The van der Waals surface area contributed by atoms with E-state index in [1.54, 1.807) is 6.33 Å². The summed E-state index contributed by atoms with van der Waals surface area (Å²) in [6.45, 7) is 4.99. The number of benzene rings is 1. The number of halogens is 2. The van der Waals surface area contributed by atoms with E-state index in [0.29, 0.717) is 5.02 Å². The fraction of sp³-hybridized carbons (Fsp3) is 0.286. The lowest BCUT2D eigenvalue weighted by atomic mass is 10.2. The number of anilines is 3. The summed E-state index contributed by atoms with van der Waals surface area (Å²) in [5.74, 6) is 1.63. The maximum atomic E-state index is 6.09. The molecule has 2 N–H and O–H groups in total. The molecule has 1 heterocycles. The molecule has 0 unspecified atom stereocenters. The molecule has 0 aliphatic heterocycles. The van der Waals surface area contributed by atoms with Crippen LogP contribution in [0.25, 0.3) is 0 Å². The summed E-state index contributed by atoms with van der Waals surface area (Å²) in [5, 5.41) is 7.20. The van der Waals surface area contributed by atoms with Gasteiger partial charge in [0, 0.05) is 22.3 Å². The molecule has 0 saturated carbocycles. The normalized spacial score (nSPS) is 10.4. The van der Waals surface area contributed by atoms with E-state index in [9.17, 15) is 0 Å². The first-order valence-corrected chi connectivity index (χ1v) is 7.56. The number of nitrogens with one attached hydrogen (secondary N) is 2. The number of nitrogens with zero attached hydrogens (tertiary/aromatic N) is 2. The molecule has 2 aromatic rings. The van der Waals surface area contributed by atoms with E-state index in [0.717, 1.165) is 40.3 Å². The molecule has 4 nitrogen and oxygen atoms in total. The van der Waals surface area contributed by atoms with Crippen LogP contribution in [0.4, 0.5) is 17.3 Å². The van der Waals surface area contributed by atoms with Gasteiger partial charge in [-0.1, -0.05) is 18.5 Å². The van der Waals surface area contributed by atoms with Crippen LogP contribution in [0.1, 0.15) is 18.9 Å². The van der Waals surface area contributed by atoms with Crippen molar-refractivity contribution in [1.29, 1.82) is 0 Å². The Balaban J connectivity index is 2.22. The Hall–Kier alpha value is -1.33. The van der Waals surface area contributed by atoms with Crippen LogP contribution in [0.15, 0.2) is 29.0 Å². The molecule has 0 fully saturated rings. The van der Waals surface area contributed by atoms with Crippen LogP contribution in [0.3, 0.4) is 0 Å². The van der Waals surface area contributed by atoms with E-state index in [-0.39, 0.29) is 0 Å². The minimum atomic E-state index is 0.658. The Kier molecular flexibility index (Phi) is 5.20. The summed E-state index contributed by atoms with van der Waals surface area (Å²) in [6, 6.07) is 5.69. The molecule has 0 spiro atoms. The summed E-state index contributed by atoms with van der Waals surface area (Å²) in [5.41, 5.74) is 1.88.